The van der Waals surface area contributed by atoms with Gasteiger partial charge in [0.05, 0.1) is 17.0 Å². The number of hydrogen-bond acceptors (Lipinski definition) is 1. The second-order valence-electron chi connectivity index (χ2n) is 4.36. The molecule has 1 aliphatic heterocycles. The summed E-state index contributed by atoms with van der Waals surface area (Å²) in [7, 11) is 0. The van der Waals surface area contributed by atoms with Crippen molar-refractivity contribution in [2.75, 3.05) is 0 Å². The lowest BCUT2D eigenvalue weighted by Crippen LogP contribution is -2.37. The van der Waals surface area contributed by atoms with Crippen LogP contribution < -0.4 is 0 Å². The van der Waals surface area contributed by atoms with Gasteiger partial charge in [-0.25, -0.2) is 4.99 Å². The van der Waals surface area contributed by atoms with Gasteiger partial charge < -0.3 is 0 Å². The lowest BCUT2D eigenvalue weighted by atomic mass is 9.64. The number of aliphatic imine (C=N–C) groups is 1. The Kier molecular flexibility index (Phi) is 1.87. The number of rotatable bonds is 1. The Morgan fingerprint density at radius 2 is 2.19 bits per heavy atom. The molecule has 0 aromatic rings. The van der Waals surface area contributed by atoms with Crippen molar-refractivity contribution >= 4 is 11.6 Å². The van der Waals surface area contributed by atoms with Gasteiger partial charge in [0.1, 0.15) is 0 Å². The van der Waals surface area contributed by atoms with Crippen molar-refractivity contribution in [2.24, 2.45) is 16.3 Å². The summed E-state index contributed by atoms with van der Waals surface area (Å²) in [5, 5.41) is 0. The minimum Gasteiger partial charge on any atom is -0.272 e. The average Bonchev–Trinajstić information content (AvgIpc) is 2.58. The van der Waals surface area contributed by atoms with Crippen LogP contribution in [0.1, 0.15) is 13.3 Å². The molecule has 0 radical (unpaired) electrons. The third kappa shape index (κ3) is 0.967. The smallest absolute Gasteiger partial charge is 0.250 e. The number of amides is 1. The summed E-state index contributed by atoms with van der Waals surface area (Å²) in [5.74, 6) is -0.00481. The molecule has 2 unspecified atom stereocenters. The van der Waals surface area contributed by atoms with Crippen molar-refractivity contribution in [1.29, 1.82) is 0 Å². The summed E-state index contributed by atoms with van der Waals surface area (Å²) in [6, 6.07) is 0. The summed E-state index contributed by atoms with van der Waals surface area (Å²) < 4.78 is 0. The lowest BCUT2D eigenvalue weighted by Gasteiger charge is -2.36. The quantitative estimate of drug-likeness (QED) is 0.655. The zero-order chi connectivity index (χ0) is 11.2. The maximum atomic E-state index is 11.9. The Morgan fingerprint density at radius 1 is 1.31 bits per heavy atom. The van der Waals surface area contributed by atoms with Crippen LogP contribution in [0.4, 0.5) is 0 Å². The first-order valence-electron chi connectivity index (χ1n) is 5.67. The highest BCUT2D eigenvalue weighted by Gasteiger charge is 2.51. The van der Waals surface area contributed by atoms with Gasteiger partial charge in [-0.15, -0.1) is 0 Å². The van der Waals surface area contributed by atoms with E-state index in [2.05, 4.69) is 30.1 Å². The molecule has 2 atom stereocenters. The fourth-order valence-corrected chi connectivity index (χ4v) is 2.92. The Bertz CT molecular complexity index is 501. The van der Waals surface area contributed by atoms with Crippen LogP contribution >= 0.6 is 0 Å². The summed E-state index contributed by atoms with van der Waals surface area (Å²) in [4.78, 5) is 16.1. The highest BCUT2D eigenvalue weighted by Crippen LogP contribution is 2.49. The monoisotopic (exact) mass is 211 g/mol. The molecule has 0 aromatic heterocycles. The van der Waals surface area contributed by atoms with Gasteiger partial charge in [0.15, 0.2) is 0 Å². The predicted octanol–water partition coefficient (Wildman–Crippen LogP) is 2.60. The van der Waals surface area contributed by atoms with Crippen LogP contribution in [0.15, 0.2) is 53.1 Å². The standard InChI is InChI=1S/C14H13NO/c1-2-11-13(16)15-12-8-5-7-10-6-3-4-9-14(10,11)12/h3-9,11H,2H2,1H3. The van der Waals surface area contributed by atoms with Crippen LogP contribution in [0.3, 0.4) is 0 Å². The molecule has 0 fully saturated rings. The molecule has 1 heterocycles. The third-order valence-corrected chi connectivity index (χ3v) is 3.66. The number of nitrogens with zero attached hydrogens (tertiary/aromatic N) is 1. The minimum atomic E-state index is -0.269. The summed E-state index contributed by atoms with van der Waals surface area (Å²) in [6.45, 7) is 2.05. The van der Waals surface area contributed by atoms with Gasteiger partial charge >= 0.3 is 0 Å². The first-order chi connectivity index (χ1) is 7.79. The number of allylic oxidation sites excluding steroid dienone is 8. The molecule has 0 saturated heterocycles. The molecule has 80 valence electrons. The zero-order valence-electron chi connectivity index (χ0n) is 9.18. The molecule has 2 nitrogen and oxygen atoms in total. The first kappa shape index (κ1) is 9.52. The lowest BCUT2D eigenvalue weighted by molar-refractivity contribution is -0.121. The third-order valence-electron chi connectivity index (χ3n) is 3.66. The highest BCUT2D eigenvalue weighted by molar-refractivity contribution is 6.17. The Balaban J connectivity index is 2.23. The second-order valence-corrected chi connectivity index (χ2v) is 4.36. The van der Waals surface area contributed by atoms with Crippen LogP contribution in [-0.4, -0.2) is 11.6 Å². The van der Waals surface area contributed by atoms with E-state index in [0.29, 0.717) is 0 Å². The van der Waals surface area contributed by atoms with Gasteiger partial charge in [-0.2, -0.15) is 0 Å². The van der Waals surface area contributed by atoms with Crippen molar-refractivity contribution < 1.29 is 4.79 Å². The Morgan fingerprint density at radius 3 is 3.00 bits per heavy atom. The topological polar surface area (TPSA) is 29.4 Å². The molecule has 0 bridgehead atoms. The average molecular weight is 211 g/mol. The van der Waals surface area contributed by atoms with E-state index in [0.717, 1.165) is 12.1 Å². The minimum absolute atomic E-state index is 0.0231. The molecule has 3 rings (SSSR count). The molecule has 0 aromatic carbocycles. The normalized spacial score (nSPS) is 34.6. The molecule has 0 saturated carbocycles. The van der Waals surface area contributed by atoms with E-state index in [4.69, 9.17) is 0 Å². The van der Waals surface area contributed by atoms with Gasteiger partial charge in [0.25, 0.3) is 5.91 Å². The van der Waals surface area contributed by atoms with Gasteiger partial charge in [0, 0.05) is 0 Å². The van der Waals surface area contributed by atoms with Crippen LogP contribution in [-0.2, 0) is 4.79 Å². The van der Waals surface area contributed by atoms with E-state index < -0.39 is 0 Å². The highest BCUT2D eigenvalue weighted by atomic mass is 16.1. The molecule has 2 aliphatic carbocycles. The van der Waals surface area contributed by atoms with Crippen molar-refractivity contribution in [1.82, 2.24) is 0 Å². The van der Waals surface area contributed by atoms with E-state index in [1.165, 1.54) is 5.57 Å². The van der Waals surface area contributed by atoms with Crippen molar-refractivity contribution in [3.05, 3.63) is 48.1 Å². The van der Waals surface area contributed by atoms with Gasteiger partial charge in [0.2, 0.25) is 0 Å². The Labute approximate surface area is 94.8 Å². The maximum absolute atomic E-state index is 11.9. The van der Waals surface area contributed by atoms with E-state index in [1.807, 2.05) is 24.3 Å². The van der Waals surface area contributed by atoms with Crippen molar-refractivity contribution in [3.63, 3.8) is 0 Å². The van der Waals surface area contributed by atoms with E-state index >= 15 is 0 Å². The zero-order valence-corrected chi connectivity index (χ0v) is 9.18. The van der Waals surface area contributed by atoms with Crippen molar-refractivity contribution in [3.8, 4) is 0 Å². The number of carbonyl (C=O) groups is 1. The molecule has 0 N–H and O–H groups in total. The van der Waals surface area contributed by atoms with Crippen molar-refractivity contribution in [2.45, 2.75) is 13.3 Å². The first-order valence-corrected chi connectivity index (χ1v) is 5.67. The molecule has 16 heavy (non-hydrogen) atoms. The molecule has 1 amide bonds. The molecule has 1 spiro atoms. The molecule has 2 heteroatoms. The number of carbonyl (C=O) groups excluding carboxylic acids is 1. The summed E-state index contributed by atoms with van der Waals surface area (Å²) in [6.07, 6.45) is 15.1. The fraction of sp³-hybridized carbons (Fsp3) is 0.286. The molecular weight excluding hydrogens is 198 g/mol. The molecular formula is C14H13NO. The fourth-order valence-electron chi connectivity index (χ4n) is 2.92. The van der Waals surface area contributed by atoms with Gasteiger partial charge in [-0.3, -0.25) is 4.79 Å². The van der Waals surface area contributed by atoms with Crippen LogP contribution in [0.25, 0.3) is 0 Å². The van der Waals surface area contributed by atoms with E-state index in [9.17, 15) is 4.79 Å². The van der Waals surface area contributed by atoms with Gasteiger partial charge in [-0.05, 0) is 18.1 Å². The predicted molar refractivity (Wildman–Crippen MR) is 64.2 cm³/mol. The van der Waals surface area contributed by atoms with Gasteiger partial charge in [-0.1, -0.05) is 43.4 Å². The largest absolute Gasteiger partial charge is 0.272 e. The number of hydrogen-bond donors (Lipinski definition) is 0. The molecule has 3 aliphatic rings. The van der Waals surface area contributed by atoms with E-state index in [1.54, 1.807) is 0 Å². The second kappa shape index (κ2) is 3.14. The van der Waals surface area contributed by atoms with Crippen LogP contribution in [0, 0.1) is 11.3 Å². The maximum Gasteiger partial charge on any atom is 0.250 e. The van der Waals surface area contributed by atoms with Crippen LogP contribution in [0.5, 0.6) is 0 Å². The Hall–Kier alpha value is -1.70. The summed E-state index contributed by atoms with van der Waals surface area (Å²) in [5.41, 5.74) is 1.83. The SMILES string of the molecule is CCC1C(=O)N=C2C=CC=C3C=CC=CC321. The van der Waals surface area contributed by atoms with Crippen LogP contribution in [0.2, 0.25) is 0 Å². The van der Waals surface area contributed by atoms with E-state index in [-0.39, 0.29) is 17.2 Å². The summed E-state index contributed by atoms with van der Waals surface area (Å²) >= 11 is 0.